The van der Waals surface area contributed by atoms with Gasteiger partial charge in [0.25, 0.3) is 0 Å². The minimum Gasteiger partial charge on any atom is -0.402 e. The Balaban J connectivity index is 0.000000291. The van der Waals surface area contributed by atoms with Gasteiger partial charge in [-0.1, -0.05) is 26.0 Å². The van der Waals surface area contributed by atoms with E-state index in [1.165, 1.54) is 0 Å². The molecule has 0 aromatic rings. The Morgan fingerprint density at radius 3 is 2.33 bits per heavy atom. The Hall–Kier alpha value is -0.720. The van der Waals surface area contributed by atoms with Gasteiger partial charge in [-0.2, -0.15) is 0 Å². The normalized spacial score (nSPS) is 15.6. The van der Waals surface area contributed by atoms with E-state index in [9.17, 15) is 0 Å². The molecule has 0 spiro atoms. The maximum absolute atomic E-state index is 5.44. The molecule has 1 nitrogen and oxygen atoms in total. The lowest BCUT2D eigenvalue weighted by Crippen LogP contribution is -1.97. The lowest BCUT2D eigenvalue weighted by atomic mass is 10.1. The second-order valence-corrected chi connectivity index (χ2v) is 1.71. The minimum absolute atomic E-state index is 1.00. The van der Waals surface area contributed by atoms with Crippen molar-refractivity contribution in [1.82, 2.24) is 0 Å². The molecule has 0 aromatic carbocycles. The van der Waals surface area contributed by atoms with E-state index in [1.807, 2.05) is 26.0 Å². The van der Waals surface area contributed by atoms with Gasteiger partial charge in [0.2, 0.25) is 0 Å². The van der Waals surface area contributed by atoms with Crippen molar-refractivity contribution >= 4 is 0 Å². The highest BCUT2D eigenvalue weighted by molar-refractivity contribution is 5.14. The smallest absolute Gasteiger partial charge is 0.00834 e. The van der Waals surface area contributed by atoms with Gasteiger partial charge in [0.15, 0.2) is 0 Å². The van der Waals surface area contributed by atoms with E-state index in [0.29, 0.717) is 0 Å². The molecule has 9 heavy (non-hydrogen) atoms. The highest BCUT2D eigenvalue weighted by atomic mass is 14.6. The Morgan fingerprint density at radius 1 is 1.44 bits per heavy atom. The van der Waals surface area contributed by atoms with Crippen LogP contribution in [0.5, 0.6) is 0 Å². The summed E-state index contributed by atoms with van der Waals surface area (Å²) in [6, 6.07) is 0. The lowest BCUT2D eigenvalue weighted by Gasteiger charge is -1.99. The van der Waals surface area contributed by atoms with E-state index in [1.54, 1.807) is 0 Å². The quantitative estimate of drug-likeness (QED) is 0.527. The first-order chi connectivity index (χ1) is 4.39. The Kier molecular flexibility index (Phi) is 4.98. The van der Waals surface area contributed by atoms with Crippen LogP contribution >= 0.6 is 0 Å². The van der Waals surface area contributed by atoms with Crippen LogP contribution in [0.25, 0.3) is 0 Å². The molecular weight excluding hydrogens is 110 g/mol. The van der Waals surface area contributed by atoms with Gasteiger partial charge in [0, 0.05) is 5.70 Å². The van der Waals surface area contributed by atoms with Crippen LogP contribution in [-0.2, 0) is 0 Å². The summed E-state index contributed by atoms with van der Waals surface area (Å²) in [7, 11) is 0. The zero-order valence-electron chi connectivity index (χ0n) is 6.22. The van der Waals surface area contributed by atoms with Crippen molar-refractivity contribution in [2.45, 2.75) is 26.7 Å². The number of hydrogen-bond donors (Lipinski definition) is 1. The summed E-state index contributed by atoms with van der Waals surface area (Å²) in [5.41, 5.74) is 6.45. The highest BCUT2D eigenvalue weighted by Gasteiger charge is 1.89. The molecule has 0 radical (unpaired) electrons. The summed E-state index contributed by atoms with van der Waals surface area (Å²) in [4.78, 5) is 0. The van der Waals surface area contributed by atoms with Crippen LogP contribution in [0.4, 0.5) is 0 Å². The third kappa shape index (κ3) is 3.83. The van der Waals surface area contributed by atoms with Crippen molar-refractivity contribution in [3.63, 3.8) is 0 Å². The molecule has 0 aromatic heterocycles. The van der Waals surface area contributed by atoms with Crippen LogP contribution in [0, 0.1) is 0 Å². The minimum atomic E-state index is 1.00. The molecule has 0 heterocycles. The molecule has 0 unspecified atom stereocenters. The highest BCUT2D eigenvalue weighted by Crippen LogP contribution is 2.04. The van der Waals surface area contributed by atoms with E-state index >= 15 is 0 Å². The van der Waals surface area contributed by atoms with Crippen LogP contribution < -0.4 is 5.73 Å². The van der Waals surface area contributed by atoms with Gasteiger partial charge in [-0.3, -0.25) is 0 Å². The summed E-state index contributed by atoms with van der Waals surface area (Å²) >= 11 is 0. The van der Waals surface area contributed by atoms with Crippen molar-refractivity contribution in [3.8, 4) is 0 Å². The molecule has 1 aliphatic rings. The molecule has 1 rings (SSSR count). The molecule has 1 aliphatic carbocycles. The largest absolute Gasteiger partial charge is 0.402 e. The first-order valence-corrected chi connectivity index (χ1v) is 3.51. The van der Waals surface area contributed by atoms with Gasteiger partial charge in [-0.15, -0.1) is 0 Å². The summed E-state index contributed by atoms with van der Waals surface area (Å²) in [6.07, 6.45) is 8.22. The van der Waals surface area contributed by atoms with Crippen LogP contribution in [0.3, 0.4) is 0 Å². The Bertz CT molecular complexity index is 112. The maximum Gasteiger partial charge on any atom is 0.00834 e. The van der Waals surface area contributed by atoms with E-state index in [2.05, 4.69) is 6.08 Å². The SMILES string of the molecule is CC.NC1=CC=CCC1. The van der Waals surface area contributed by atoms with Crippen LogP contribution in [-0.4, -0.2) is 0 Å². The molecule has 0 saturated heterocycles. The van der Waals surface area contributed by atoms with Crippen molar-refractivity contribution < 1.29 is 0 Å². The van der Waals surface area contributed by atoms with E-state index in [0.717, 1.165) is 18.5 Å². The summed E-state index contributed by atoms with van der Waals surface area (Å²) in [6.45, 7) is 4.00. The second kappa shape index (κ2) is 5.42. The van der Waals surface area contributed by atoms with Gasteiger partial charge in [-0.05, 0) is 18.9 Å². The van der Waals surface area contributed by atoms with Crippen molar-refractivity contribution in [3.05, 3.63) is 23.9 Å². The molecule has 0 atom stereocenters. The lowest BCUT2D eigenvalue weighted by molar-refractivity contribution is 0.944. The first kappa shape index (κ1) is 8.28. The van der Waals surface area contributed by atoms with Gasteiger partial charge in [0.05, 0.1) is 0 Å². The summed E-state index contributed by atoms with van der Waals surface area (Å²) in [5, 5.41) is 0. The molecular formula is C8H15N. The number of allylic oxidation sites excluding steroid dienone is 4. The molecule has 0 bridgehead atoms. The molecule has 2 N–H and O–H groups in total. The fraction of sp³-hybridized carbons (Fsp3) is 0.500. The van der Waals surface area contributed by atoms with Crippen LogP contribution in [0.2, 0.25) is 0 Å². The van der Waals surface area contributed by atoms with Crippen LogP contribution in [0.15, 0.2) is 23.9 Å². The molecule has 0 fully saturated rings. The maximum atomic E-state index is 5.44. The number of hydrogen-bond acceptors (Lipinski definition) is 1. The second-order valence-electron chi connectivity index (χ2n) is 1.71. The van der Waals surface area contributed by atoms with E-state index < -0.39 is 0 Å². The van der Waals surface area contributed by atoms with Gasteiger partial charge < -0.3 is 5.73 Å². The topological polar surface area (TPSA) is 26.0 Å². The van der Waals surface area contributed by atoms with Gasteiger partial charge in [0.1, 0.15) is 0 Å². The fourth-order valence-corrected chi connectivity index (χ4v) is 0.621. The van der Waals surface area contributed by atoms with Crippen molar-refractivity contribution in [2.75, 3.05) is 0 Å². The Morgan fingerprint density at radius 2 is 2.11 bits per heavy atom. The third-order valence-electron chi connectivity index (χ3n) is 1.05. The molecule has 0 amide bonds. The standard InChI is InChI=1S/C6H9N.C2H6/c7-6-4-2-1-3-5-6;1-2/h1-2,4H,3,5,7H2;1-2H3. The first-order valence-electron chi connectivity index (χ1n) is 3.51. The Labute approximate surface area is 57.3 Å². The summed E-state index contributed by atoms with van der Waals surface area (Å²) in [5.74, 6) is 0. The van der Waals surface area contributed by atoms with E-state index in [4.69, 9.17) is 5.73 Å². The number of rotatable bonds is 0. The zero-order valence-corrected chi connectivity index (χ0v) is 6.22. The van der Waals surface area contributed by atoms with Crippen molar-refractivity contribution in [2.24, 2.45) is 5.73 Å². The number of nitrogens with two attached hydrogens (primary N) is 1. The van der Waals surface area contributed by atoms with Gasteiger partial charge in [-0.25, -0.2) is 0 Å². The molecule has 1 heteroatoms. The monoisotopic (exact) mass is 125 g/mol. The average molecular weight is 125 g/mol. The average Bonchev–Trinajstić information content (AvgIpc) is 1.94. The zero-order chi connectivity index (χ0) is 7.11. The predicted octanol–water partition coefficient (Wildman–Crippen LogP) is 2.21. The van der Waals surface area contributed by atoms with Gasteiger partial charge >= 0.3 is 0 Å². The van der Waals surface area contributed by atoms with Crippen molar-refractivity contribution in [1.29, 1.82) is 0 Å². The molecule has 0 aliphatic heterocycles. The predicted molar refractivity (Wildman–Crippen MR) is 42.0 cm³/mol. The fourth-order valence-electron chi connectivity index (χ4n) is 0.621. The molecule has 0 saturated carbocycles. The van der Waals surface area contributed by atoms with E-state index in [-0.39, 0.29) is 0 Å². The summed E-state index contributed by atoms with van der Waals surface area (Å²) < 4.78 is 0. The molecule has 52 valence electrons. The third-order valence-corrected chi connectivity index (χ3v) is 1.05. The van der Waals surface area contributed by atoms with Crippen LogP contribution in [0.1, 0.15) is 26.7 Å².